The van der Waals surface area contributed by atoms with Gasteiger partial charge in [0.25, 0.3) is 0 Å². The minimum absolute atomic E-state index is 0.123. The van der Waals surface area contributed by atoms with Crippen LogP contribution in [0.5, 0.6) is 0 Å². The Morgan fingerprint density at radius 3 is 1.27 bits per heavy atom. The molecule has 0 amide bonds. The molecule has 6 heteroatoms. The van der Waals surface area contributed by atoms with Crippen molar-refractivity contribution >= 4 is 17.9 Å². The number of ether oxygens (including phenoxy) is 3. The van der Waals surface area contributed by atoms with E-state index in [9.17, 15) is 14.4 Å². The topological polar surface area (TPSA) is 78.9 Å². The molecule has 346 valence electrons. The lowest BCUT2D eigenvalue weighted by atomic mass is 10.1. The van der Waals surface area contributed by atoms with E-state index in [1.165, 1.54) is 12.8 Å². The third kappa shape index (κ3) is 46.6. The monoisotopic (exact) mass is 855 g/mol. The van der Waals surface area contributed by atoms with E-state index in [2.05, 4.69) is 118 Å². The second-order valence-corrected chi connectivity index (χ2v) is 15.3. The Balaban J connectivity index is 4.56. The highest BCUT2D eigenvalue weighted by molar-refractivity contribution is 5.71. The molecule has 0 bridgehead atoms. The van der Waals surface area contributed by atoms with E-state index < -0.39 is 6.10 Å². The van der Waals surface area contributed by atoms with E-state index in [1.807, 2.05) is 36.5 Å². The predicted molar refractivity (Wildman–Crippen MR) is 265 cm³/mol. The second kappa shape index (κ2) is 49.2. The molecule has 1 unspecified atom stereocenters. The average Bonchev–Trinajstić information content (AvgIpc) is 3.27. The Bertz CT molecular complexity index is 1400. The molecule has 0 aromatic heterocycles. The summed E-state index contributed by atoms with van der Waals surface area (Å²) in [5, 5.41) is 0. The molecular formula is C56H86O6. The maximum absolute atomic E-state index is 12.8. The fourth-order valence-corrected chi connectivity index (χ4v) is 5.87. The Morgan fingerprint density at radius 2 is 0.742 bits per heavy atom. The van der Waals surface area contributed by atoms with Crippen LogP contribution in [0.15, 0.2) is 134 Å². The van der Waals surface area contributed by atoms with Crippen molar-refractivity contribution in [3.8, 4) is 0 Å². The van der Waals surface area contributed by atoms with E-state index >= 15 is 0 Å². The molecule has 0 spiro atoms. The van der Waals surface area contributed by atoms with E-state index in [0.29, 0.717) is 12.8 Å². The van der Waals surface area contributed by atoms with Gasteiger partial charge in [-0.25, -0.2) is 0 Å². The van der Waals surface area contributed by atoms with Gasteiger partial charge in [0.15, 0.2) is 6.10 Å². The van der Waals surface area contributed by atoms with Crippen LogP contribution in [0.4, 0.5) is 0 Å². The molecule has 0 aromatic rings. The van der Waals surface area contributed by atoms with Gasteiger partial charge in [-0.15, -0.1) is 0 Å². The van der Waals surface area contributed by atoms with Gasteiger partial charge in [0, 0.05) is 19.3 Å². The Hall–Kier alpha value is -4.45. The van der Waals surface area contributed by atoms with Crippen LogP contribution in [0, 0.1) is 0 Å². The maximum Gasteiger partial charge on any atom is 0.306 e. The van der Waals surface area contributed by atoms with Crippen molar-refractivity contribution < 1.29 is 28.6 Å². The lowest BCUT2D eigenvalue weighted by Crippen LogP contribution is -2.30. The van der Waals surface area contributed by atoms with Crippen molar-refractivity contribution in [1.82, 2.24) is 0 Å². The predicted octanol–water partition coefficient (Wildman–Crippen LogP) is 15.9. The normalized spacial score (nSPS) is 13.3. The number of hydrogen-bond acceptors (Lipinski definition) is 6. The molecule has 0 aliphatic rings. The smallest absolute Gasteiger partial charge is 0.306 e. The highest BCUT2D eigenvalue weighted by atomic mass is 16.6. The van der Waals surface area contributed by atoms with E-state index in [-0.39, 0.29) is 44.0 Å². The molecule has 0 rings (SSSR count). The first-order valence-electron chi connectivity index (χ1n) is 24.2. The average molecular weight is 855 g/mol. The highest BCUT2D eigenvalue weighted by Crippen LogP contribution is 2.11. The minimum atomic E-state index is -0.829. The largest absolute Gasteiger partial charge is 0.462 e. The zero-order valence-electron chi connectivity index (χ0n) is 39.3. The van der Waals surface area contributed by atoms with Gasteiger partial charge in [0.05, 0.1) is 0 Å². The SMILES string of the molecule is CC\C=C/C=C\C=C/C=C\CCCCCCCC(=O)OC(COC(=O)CC/C=C\C/C=C\C/C=C\C/C=C\C/C=C\C/C=C\CC)COC(=O)CCCCCC/C=C\CCCC. The molecule has 62 heavy (non-hydrogen) atoms. The summed E-state index contributed by atoms with van der Waals surface area (Å²) in [6, 6.07) is 0. The van der Waals surface area contributed by atoms with Crippen molar-refractivity contribution in [1.29, 1.82) is 0 Å². The van der Waals surface area contributed by atoms with Crippen molar-refractivity contribution in [3.05, 3.63) is 134 Å². The zero-order chi connectivity index (χ0) is 45.1. The quantitative estimate of drug-likeness (QED) is 0.0200. The summed E-state index contributed by atoms with van der Waals surface area (Å²) >= 11 is 0. The van der Waals surface area contributed by atoms with Crippen molar-refractivity contribution in [2.45, 2.75) is 187 Å². The summed E-state index contributed by atoms with van der Waals surface area (Å²) in [5.41, 5.74) is 0. The summed E-state index contributed by atoms with van der Waals surface area (Å²) in [6.07, 6.45) is 68.7. The maximum atomic E-state index is 12.8. The van der Waals surface area contributed by atoms with Gasteiger partial charge < -0.3 is 14.2 Å². The summed E-state index contributed by atoms with van der Waals surface area (Å²) in [6.45, 7) is 6.21. The van der Waals surface area contributed by atoms with Crippen LogP contribution in [-0.2, 0) is 28.6 Å². The lowest BCUT2D eigenvalue weighted by molar-refractivity contribution is -0.166. The van der Waals surface area contributed by atoms with Gasteiger partial charge in [-0.1, -0.05) is 199 Å². The van der Waals surface area contributed by atoms with E-state index in [4.69, 9.17) is 14.2 Å². The van der Waals surface area contributed by atoms with Crippen LogP contribution in [0.25, 0.3) is 0 Å². The first kappa shape index (κ1) is 57.5. The molecule has 0 aliphatic heterocycles. The summed E-state index contributed by atoms with van der Waals surface area (Å²) in [4.78, 5) is 37.8. The number of esters is 3. The van der Waals surface area contributed by atoms with Crippen LogP contribution in [0.3, 0.4) is 0 Å². The van der Waals surface area contributed by atoms with Crippen LogP contribution in [0.2, 0.25) is 0 Å². The fraction of sp³-hybridized carbons (Fsp3) is 0.554. The van der Waals surface area contributed by atoms with Crippen LogP contribution < -0.4 is 0 Å². The van der Waals surface area contributed by atoms with Gasteiger partial charge in [0.1, 0.15) is 13.2 Å². The number of carbonyl (C=O) groups is 3. The van der Waals surface area contributed by atoms with Crippen LogP contribution >= 0.6 is 0 Å². The van der Waals surface area contributed by atoms with E-state index in [1.54, 1.807) is 0 Å². The molecule has 0 aliphatic carbocycles. The van der Waals surface area contributed by atoms with Crippen molar-refractivity contribution in [2.75, 3.05) is 13.2 Å². The number of hydrogen-bond donors (Lipinski definition) is 0. The number of allylic oxidation sites excluding steroid dienone is 22. The molecule has 0 N–H and O–H groups in total. The van der Waals surface area contributed by atoms with Gasteiger partial charge in [-0.2, -0.15) is 0 Å². The molecule has 0 radical (unpaired) electrons. The Kier molecular flexibility index (Phi) is 45.7. The third-order valence-corrected chi connectivity index (χ3v) is 9.48. The van der Waals surface area contributed by atoms with Crippen LogP contribution in [0.1, 0.15) is 181 Å². The summed E-state index contributed by atoms with van der Waals surface area (Å²) in [5.74, 6) is -1.06. The van der Waals surface area contributed by atoms with E-state index in [0.717, 1.165) is 122 Å². The fourth-order valence-electron chi connectivity index (χ4n) is 5.87. The molecule has 6 nitrogen and oxygen atoms in total. The molecule has 1 atom stereocenters. The molecule has 0 fully saturated rings. The van der Waals surface area contributed by atoms with Gasteiger partial charge >= 0.3 is 17.9 Å². The lowest BCUT2D eigenvalue weighted by Gasteiger charge is -2.18. The zero-order valence-corrected chi connectivity index (χ0v) is 39.3. The molecule has 0 aromatic carbocycles. The first-order valence-corrected chi connectivity index (χ1v) is 24.2. The highest BCUT2D eigenvalue weighted by Gasteiger charge is 2.19. The summed E-state index contributed by atoms with van der Waals surface area (Å²) in [7, 11) is 0. The van der Waals surface area contributed by atoms with Crippen LogP contribution in [-0.4, -0.2) is 37.2 Å². The number of rotatable bonds is 41. The Morgan fingerprint density at radius 1 is 0.355 bits per heavy atom. The number of unbranched alkanes of at least 4 members (excludes halogenated alkanes) is 11. The molecule has 0 saturated carbocycles. The summed E-state index contributed by atoms with van der Waals surface area (Å²) < 4.78 is 16.6. The van der Waals surface area contributed by atoms with Gasteiger partial charge in [-0.05, 0) is 96.3 Å². The van der Waals surface area contributed by atoms with Crippen molar-refractivity contribution in [2.24, 2.45) is 0 Å². The third-order valence-electron chi connectivity index (χ3n) is 9.48. The molecule has 0 saturated heterocycles. The molecule has 0 heterocycles. The Labute approximate surface area is 379 Å². The minimum Gasteiger partial charge on any atom is -0.462 e. The standard InChI is InChI=1S/C56H86O6/c1-4-7-10-13-16-19-22-24-26-27-28-29-31-32-34-37-40-43-46-49-55(58)61-52-53(51-60-54(57)48-45-42-39-36-21-18-15-12-9-6-3)62-56(59)50-47-44-41-38-35-33-30-25-23-20-17-14-11-8-5-2/h7-8,10-11,14-20,23-26,28-30,32,34,40,43,53H,4-6,9,12-13,21-22,27,31,33,35-39,41-42,44-52H2,1-3H3/b10-7-,11-8-,17-14-,18-15-,19-16-,23-20-,26-24-,29-28-,30-25-,34-32-,43-40-. The first-order chi connectivity index (χ1) is 30.5. The number of carbonyl (C=O) groups excluding carboxylic acids is 3. The van der Waals surface area contributed by atoms with Gasteiger partial charge in [-0.3, -0.25) is 14.4 Å². The van der Waals surface area contributed by atoms with Gasteiger partial charge in [0.2, 0.25) is 0 Å². The van der Waals surface area contributed by atoms with Crippen molar-refractivity contribution in [3.63, 3.8) is 0 Å². The second-order valence-electron chi connectivity index (χ2n) is 15.3. The molecular weight excluding hydrogens is 769 g/mol.